The third kappa shape index (κ3) is 2.91. The highest BCUT2D eigenvalue weighted by Crippen LogP contribution is 2.28. The molecule has 1 aliphatic heterocycles. The fraction of sp³-hybridized carbons (Fsp3) is 0.571. The Morgan fingerprint density at radius 3 is 2.95 bits per heavy atom. The number of hydrogen-bond donors (Lipinski definition) is 1. The van der Waals surface area contributed by atoms with E-state index in [1.807, 2.05) is 11.0 Å². The number of nitrogens with zero attached hydrogens (tertiary/aromatic N) is 2. The summed E-state index contributed by atoms with van der Waals surface area (Å²) in [7, 11) is 1.79. The lowest BCUT2D eigenvalue weighted by molar-refractivity contribution is 0.0702. The fourth-order valence-electron chi connectivity index (χ4n) is 2.69. The standard InChI is InChI=1S/C14H20BrN3O/c1-9(2)12-5-4-6-18(12)14(19)11-7-10(15)8-17-13(11)16-3/h7-9,12H,4-6H2,1-3H3,(H,16,17). The Hall–Kier alpha value is -1.10. The number of carbonyl (C=O) groups excluding carboxylic acids is 1. The largest absolute Gasteiger partial charge is 0.372 e. The molecule has 2 heterocycles. The summed E-state index contributed by atoms with van der Waals surface area (Å²) < 4.78 is 0.829. The molecule has 1 atom stereocenters. The number of nitrogens with one attached hydrogen (secondary N) is 1. The molecule has 0 aliphatic carbocycles. The van der Waals surface area contributed by atoms with Gasteiger partial charge in [-0.1, -0.05) is 13.8 Å². The maximum Gasteiger partial charge on any atom is 0.257 e. The molecule has 1 amide bonds. The molecule has 1 saturated heterocycles. The normalized spacial score (nSPS) is 19.0. The molecule has 19 heavy (non-hydrogen) atoms. The molecule has 104 valence electrons. The minimum Gasteiger partial charge on any atom is -0.372 e. The number of carbonyl (C=O) groups is 1. The Morgan fingerprint density at radius 2 is 2.32 bits per heavy atom. The Labute approximate surface area is 122 Å². The van der Waals surface area contributed by atoms with Gasteiger partial charge in [0.2, 0.25) is 0 Å². The molecule has 0 saturated carbocycles. The molecule has 4 nitrogen and oxygen atoms in total. The lowest BCUT2D eigenvalue weighted by Gasteiger charge is -2.28. The Kier molecular flexibility index (Phi) is 4.45. The van der Waals surface area contributed by atoms with Gasteiger partial charge in [0.15, 0.2) is 0 Å². The number of rotatable bonds is 3. The monoisotopic (exact) mass is 325 g/mol. The molecule has 0 bridgehead atoms. The van der Waals surface area contributed by atoms with Crippen molar-refractivity contribution in [3.05, 3.63) is 22.3 Å². The summed E-state index contributed by atoms with van der Waals surface area (Å²) in [6.07, 6.45) is 3.89. The van der Waals surface area contributed by atoms with Crippen LogP contribution in [0.1, 0.15) is 37.0 Å². The van der Waals surface area contributed by atoms with Gasteiger partial charge < -0.3 is 10.2 Å². The zero-order valence-electron chi connectivity index (χ0n) is 11.6. The van der Waals surface area contributed by atoms with Crippen molar-refractivity contribution in [1.29, 1.82) is 0 Å². The SMILES string of the molecule is CNc1ncc(Br)cc1C(=O)N1CCCC1C(C)C. The van der Waals surface area contributed by atoms with E-state index >= 15 is 0 Å². The van der Waals surface area contributed by atoms with Crippen LogP contribution in [0.15, 0.2) is 16.7 Å². The number of pyridine rings is 1. The van der Waals surface area contributed by atoms with E-state index in [4.69, 9.17) is 0 Å². The van der Waals surface area contributed by atoms with Crippen LogP contribution in [-0.4, -0.2) is 35.4 Å². The Balaban J connectivity index is 2.31. The van der Waals surface area contributed by atoms with Gasteiger partial charge in [0, 0.05) is 30.3 Å². The van der Waals surface area contributed by atoms with Gasteiger partial charge in [0.05, 0.1) is 5.56 Å². The molecule has 1 aromatic heterocycles. The van der Waals surface area contributed by atoms with Gasteiger partial charge in [-0.25, -0.2) is 4.98 Å². The summed E-state index contributed by atoms with van der Waals surface area (Å²) >= 11 is 3.39. The second kappa shape index (κ2) is 5.90. The second-order valence-corrected chi connectivity index (χ2v) is 6.17. The summed E-state index contributed by atoms with van der Waals surface area (Å²) in [5.41, 5.74) is 0.643. The van der Waals surface area contributed by atoms with E-state index in [2.05, 4.69) is 40.1 Å². The summed E-state index contributed by atoms with van der Waals surface area (Å²) in [4.78, 5) is 19.0. The average Bonchev–Trinajstić information content (AvgIpc) is 2.87. The first kappa shape index (κ1) is 14.3. The van der Waals surface area contributed by atoms with Crippen LogP contribution >= 0.6 is 15.9 Å². The molecular weight excluding hydrogens is 306 g/mol. The first-order valence-corrected chi connectivity index (χ1v) is 7.48. The van der Waals surface area contributed by atoms with Crippen LogP contribution in [0.2, 0.25) is 0 Å². The lowest BCUT2D eigenvalue weighted by atomic mass is 10.0. The van der Waals surface area contributed by atoms with Crippen molar-refractivity contribution in [2.75, 3.05) is 18.9 Å². The average molecular weight is 326 g/mol. The second-order valence-electron chi connectivity index (χ2n) is 5.25. The van der Waals surface area contributed by atoms with E-state index in [0.29, 0.717) is 23.3 Å². The number of amides is 1. The van der Waals surface area contributed by atoms with Gasteiger partial charge in [-0.2, -0.15) is 0 Å². The van der Waals surface area contributed by atoms with Crippen LogP contribution in [0.25, 0.3) is 0 Å². The van der Waals surface area contributed by atoms with E-state index in [0.717, 1.165) is 23.9 Å². The highest BCUT2D eigenvalue weighted by Gasteiger charge is 2.32. The number of hydrogen-bond acceptors (Lipinski definition) is 3. The highest BCUT2D eigenvalue weighted by atomic mass is 79.9. The molecule has 1 aliphatic rings. The summed E-state index contributed by atoms with van der Waals surface area (Å²) in [6.45, 7) is 5.19. The highest BCUT2D eigenvalue weighted by molar-refractivity contribution is 9.10. The van der Waals surface area contributed by atoms with E-state index in [-0.39, 0.29) is 5.91 Å². The third-order valence-corrected chi connectivity index (χ3v) is 4.08. The molecular formula is C14H20BrN3O. The van der Waals surface area contributed by atoms with Gasteiger partial charge in [-0.3, -0.25) is 4.79 Å². The van der Waals surface area contributed by atoms with Crippen LogP contribution in [0.5, 0.6) is 0 Å². The molecule has 0 spiro atoms. The Bertz CT molecular complexity index is 476. The molecule has 0 radical (unpaired) electrons. The number of aromatic nitrogens is 1. The first-order chi connectivity index (χ1) is 9.04. The molecule has 0 aromatic carbocycles. The van der Waals surface area contributed by atoms with Crippen LogP contribution in [0.4, 0.5) is 5.82 Å². The first-order valence-electron chi connectivity index (χ1n) is 6.69. The van der Waals surface area contributed by atoms with Gasteiger partial charge >= 0.3 is 0 Å². The van der Waals surface area contributed by atoms with Crippen LogP contribution in [-0.2, 0) is 0 Å². The van der Waals surface area contributed by atoms with Crippen molar-refractivity contribution in [3.63, 3.8) is 0 Å². The van der Waals surface area contributed by atoms with Crippen LogP contribution < -0.4 is 5.32 Å². The van der Waals surface area contributed by atoms with Crippen molar-refractivity contribution < 1.29 is 4.79 Å². The molecule has 1 N–H and O–H groups in total. The van der Waals surface area contributed by atoms with Crippen LogP contribution in [0, 0.1) is 5.92 Å². The van der Waals surface area contributed by atoms with Gasteiger partial charge in [0.25, 0.3) is 5.91 Å². The molecule has 1 aromatic rings. The summed E-state index contributed by atoms with van der Waals surface area (Å²) in [5, 5.41) is 2.99. The zero-order chi connectivity index (χ0) is 14.0. The van der Waals surface area contributed by atoms with Crippen LogP contribution in [0.3, 0.4) is 0 Å². The van der Waals surface area contributed by atoms with E-state index in [1.165, 1.54) is 0 Å². The smallest absolute Gasteiger partial charge is 0.257 e. The number of halogens is 1. The minimum absolute atomic E-state index is 0.0781. The van der Waals surface area contributed by atoms with Crippen molar-refractivity contribution in [1.82, 2.24) is 9.88 Å². The summed E-state index contributed by atoms with van der Waals surface area (Å²) in [6, 6.07) is 2.19. The predicted molar refractivity (Wildman–Crippen MR) is 80.4 cm³/mol. The maximum absolute atomic E-state index is 12.7. The zero-order valence-corrected chi connectivity index (χ0v) is 13.2. The molecule has 2 rings (SSSR count). The quantitative estimate of drug-likeness (QED) is 0.928. The van der Waals surface area contributed by atoms with E-state index in [1.54, 1.807) is 13.2 Å². The third-order valence-electron chi connectivity index (χ3n) is 3.65. The fourth-order valence-corrected chi connectivity index (χ4v) is 3.03. The molecule has 5 heteroatoms. The topological polar surface area (TPSA) is 45.2 Å². The van der Waals surface area contributed by atoms with Crippen molar-refractivity contribution in [2.24, 2.45) is 5.92 Å². The maximum atomic E-state index is 12.7. The van der Waals surface area contributed by atoms with Gasteiger partial charge in [-0.15, -0.1) is 0 Å². The predicted octanol–water partition coefficient (Wildman–Crippen LogP) is 3.15. The number of anilines is 1. The minimum atomic E-state index is 0.0781. The van der Waals surface area contributed by atoms with E-state index < -0.39 is 0 Å². The number of likely N-dealkylation sites (tertiary alicyclic amines) is 1. The summed E-state index contributed by atoms with van der Waals surface area (Å²) in [5.74, 6) is 1.21. The van der Waals surface area contributed by atoms with E-state index in [9.17, 15) is 4.79 Å². The van der Waals surface area contributed by atoms with Gasteiger partial charge in [-0.05, 0) is 40.8 Å². The Morgan fingerprint density at radius 1 is 1.58 bits per heavy atom. The van der Waals surface area contributed by atoms with Crippen molar-refractivity contribution in [2.45, 2.75) is 32.7 Å². The van der Waals surface area contributed by atoms with Crippen molar-refractivity contribution in [3.8, 4) is 0 Å². The lowest BCUT2D eigenvalue weighted by Crippen LogP contribution is -2.38. The van der Waals surface area contributed by atoms with Crippen molar-refractivity contribution >= 4 is 27.7 Å². The van der Waals surface area contributed by atoms with Gasteiger partial charge in [0.1, 0.15) is 5.82 Å². The molecule has 1 unspecified atom stereocenters. The molecule has 1 fully saturated rings.